The average Bonchev–Trinajstić information content (AvgIpc) is 2.68. The van der Waals surface area contributed by atoms with Gasteiger partial charge in [0.1, 0.15) is 0 Å². The number of pyridine rings is 1. The Kier molecular flexibility index (Phi) is 5.82. The molecule has 3 nitrogen and oxygen atoms in total. The number of hydrogen-bond donors (Lipinski definition) is 1. The summed E-state index contributed by atoms with van der Waals surface area (Å²) in [6.45, 7) is 5.08. The van der Waals surface area contributed by atoms with Crippen LogP contribution in [0.4, 0.5) is 0 Å². The second-order valence-corrected chi connectivity index (χ2v) is 6.91. The molecular formula is C24H24NO2+. The molecular weight excluding hydrogens is 334 g/mol. The van der Waals surface area contributed by atoms with Crippen LogP contribution in [-0.2, 0) is 6.54 Å². The zero-order chi connectivity index (χ0) is 19.2. The summed E-state index contributed by atoms with van der Waals surface area (Å²) in [5, 5.41) is 9.02. The van der Waals surface area contributed by atoms with Crippen LogP contribution in [0.3, 0.4) is 0 Å². The molecule has 3 rings (SSSR count). The Hall–Kier alpha value is -3.20. The molecule has 136 valence electrons. The molecule has 27 heavy (non-hydrogen) atoms. The minimum absolute atomic E-state index is 0.307. The first-order chi connectivity index (χ1) is 13.0. The molecule has 1 aromatic heterocycles. The van der Waals surface area contributed by atoms with E-state index in [4.69, 9.17) is 5.11 Å². The van der Waals surface area contributed by atoms with Crippen molar-refractivity contribution in [3.8, 4) is 0 Å². The lowest BCUT2D eigenvalue weighted by atomic mass is 10.0. The molecule has 0 saturated heterocycles. The molecule has 0 bridgehead atoms. The van der Waals surface area contributed by atoms with E-state index >= 15 is 0 Å². The van der Waals surface area contributed by atoms with Crippen molar-refractivity contribution >= 4 is 18.1 Å². The second kappa shape index (κ2) is 8.45. The molecule has 0 saturated carbocycles. The molecule has 3 heteroatoms. The normalized spacial score (nSPS) is 11.2. The van der Waals surface area contributed by atoms with E-state index in [1.165, 1.54) is 11.1 Å². The molecule has 2 aromatic carbocycles. The molecule has 0 amide bonds. The summed E-state index contributed by atoms with van der Waals surface area (Å²) in [4.78, 5) is 11.0. The third-order valence-electron chi connectivity index (χ3n) is 4.58. The SMILES string of the molecule is CC(C)c1ccc(/C=C/c2cccc[n+]2Cc2ccc(C(=O)O)cc2)cc1. The highest BCUT2D eigenvalue weighted by molar-refractivity contribution is 5.87. The molecule has 0 aliphatic carbocycles. The Balaban J connectivity index is 1.78. The van der Waals surface area contributed by atoms with Crippen LogP contribution in [0.2, 0.25) is 0 Å². The number of nitrogens with zero attached hydrogens (tertiary/aromatic N) is 1. The smallest absolute Gasteiger partial charge is 0.335 e. The third-order valence-corrected chi connectivity index (χ3v) is 4.58. The number of benzene rings is 2. The number of rotatable bonds is 6. The van der Waals surface area contributed by atoms with Crippen LogP contribution in [0.5, 0.6) is 0 Å². The van der Waals surface area contributed by atoms with Crippen molar-refractivity contribution in [1.29, 1.82) is 0 Å². The van der Waals surface area contributed by atoms with Gasteiger partial charge < -0.3 is 5.11 Å². The van der Waals surface area contributed by atoms with Crippen molar-refractivity contribution < 1.29 is 14.5 Å². The summed E-state index contributed by atoms with van der Waals surface area (Å²) < 4.78 is 2.15. The molecule has 1 heterocycles. The highest BCUT2D eigenvalue weighted by Gasteiger charge is 2.09. The van der Waals surface area contributed by atoms with Crippen molar-refractivity contribution in [2.45, 2.75) is 26.3 Å². The predicted molar refractivity (Wildman–Crippen MR) is 109 cm³/mol. The predicted octanol–water partition coefficient (Wildman–Crippen LogP) is 5.01. The fourth-order valence-electron chi connectivity index (χ4n) is 2.91. The lowest BCUT2D eigenvalue weighted by Gasteiger charge is -2.05. The molecule has 0 radical (unpaired) electrons. The molecule has 0 aliphatic rings. The highest BCUT2D eigenvalue weighted by atomic mass is 16.4. The maximum Gasteiger partial charge on any atom is 0.335 e. The largest absolute Gasteiger partial charge is 0.478 e. The van der Waals surface area contributed by atoms with Gasteiger partial charge in [0, 0.05) is 23.8 Å². The quantitative estimate of drug-likeness (QED) is 0.629. The summed E-state index contributed by atoms with van der Waals surface area (Å²) in [6.07, 6.45) is 6.26. The number of hydrogen-bond acceptors (Lipinski definition) is 1. The number of carboxylic acids is 1. The Bertz CT molecular complexity index is 939. The van der Waals surface area contributed by atoms with E-state index < -0.39 is 5.97 Å². The van der Waals surface area contributed by atoms with E-state index in [1.807, 2.05) is 30.5 Å². The van der Waals surface area contributed by atoms with Crippen molar-refractivity contribution in [2.24, 2.45) is 0 Å². The summed E-state index contributed by atoms with van der Waals surface area (Å²) in [6, 6.07) is 21.7. The molecule has 0 atom stereocenters. The molecule has 3 aromatic rings. The fraction of sp³-hybridized carbons (Fsp3) is 0.167. The lowest BCUT2D eigenvalue weighted by Crippen LogP contribution is -2.36. The molecule has 0 aliphatic heterocycles. The van der Waals surface area contributed by atoms with E-state index in [0.717, 1.165) is 11.3 Å². The zero-order valence-corrected chi connectivity index (χ0v) is 15.7. The van der Waals surface area contributed by atoms with E-state index in [0.29, 0.717) is 18.0 Å². The van der Waals surface area contributed by atoms with Crippen LogP contribution >= 0.6 is 0 Å². The van der Waals surface area contributed by atoms with Gasteiger partial charge in [-0.1, -0.05) is 50.2 Å². The number of aromatic nitrogens is 1. The number of carbonyl (C=O) groups is 1. The van der Waals surface area contributed by atoms with E-state index in [2.05, 4.69) is 60.9 Å². The summed E-state index contributed by atoms with van der Waals surface area (Å²) in [5.41, 5.74) is 4.97. The van der Waals surface area contributed by atoms with Crippen molar-refractivity contribution in [2.75, 3.05) is 0 Å². The van der Waals surface area contributed by atoms with Crippen LogP contribution in [0.25, 0.3) is 12.2 Å². The standard InChI is InChI=1S/C24H23NO2/c1-18(2)21-11-6-19(7-12-21)10-15-23-5-3-4-16-25(23)17-20-8-13-22(14-9-20)24(26)27/h3-16,18H,17H2,1-2H3/p+1/b15-10+. The highest BCUT2D eigenvalue weighted by Crippen LogP contribution is 2.16. The van der Waals surface area contributed by atoms with Crippen molar-refractivity contribution in [3.05, 3.63) is 101 Å². The van der Waals surface area contributed by atoms with Gasteiger partial charge in [-0.2, -0.15) is 4.57 Å². The van der Waals surface area contributed by atoms with E-state index in [9.17, 15) is 4.79 Å². The van der Waals surface area contributed by atoms with Gasteiger partial charge in [-0.15, -0.1) is 0 Å². The Morgan fingerprint density at radius 1 is 0.963 bits per heavy atom. The van der Waals surface area contributed by atoms with Gasteiger partial charge in [-0.3, -0.25) is 0 Å². The van der Waals surface area contributed by atoms with Crippen LogP contribution in [0, 0.1) is 0 Å². The summed E-state index contributed by atoms with van der Waals surface area (Å²) >= 11 is 0. The van der Waals surface area contributed by atoms with Crippen molar-refractivity contribution in [3.63, 3.8) is 0 Å². The Morgan fingerprint density at radius 2 is 1.67 bits per heavy atom. The van der Waals surface area contributed by atoms with Gasteiger partial charge in [0.2, 0.25) is 5.69 Å². The van der Waals surface area contributed by atoms with Gasteiger partial charge in [-0.05, 0) is 41.3 Å². The average molecular weight is 358 g/mol. The van der Waals surface area contributed by atoms with Gasteiger partial charge in [0.15, 0.2) is 12.7 Å². The van der Waals surface area contributed by atoms with Crippen LogP contribution < -0.4 is 4.57 Å². The van der Waals surface area contributed by atoms with E-state index in [1.54, 1.807) is 12.1 Å². The first-order valence-electron chi connectivity index (χ1n) is 9.11. The number of aromatic carboxylic acids is 1. The molecule has 0 spiro atoms. The maximum atomic E-state index is 11.0. The first-order valence-corrected chi connectivity index (χ1v) is 9.11. The Morgan fingerprint density at radius 3 is 2.30 bits per heavy atom. The van der Waals surface area contributed by atoms with Crippen LogP contribution in [0.15, 0.2) is 72.9 Å². The lowest BCUT2D eigenvalue weighted by molar-refractivity contribution is -0.690. The van der Waals surface area contributed by atoms with Gasteiger partial charge in [-0.25, -0.2) is 4.79 Å². The Labute approximate surface area is 160 Å². The van der Waals surface area contributed by atoms with Gasteiger partial charge >= 0.3 is 5.97 Å². The maximum absolute atomic E-state index is 11.0. The number of carboxylic acid groups (broad SMARTS) is 1. The van der Waals surface area contributed by atoms with E-state index in [-0.39, 0.29) is 0 Å². The fourth-order valence-corrected chi connectivity index (χ4v) is 2.91. The van der Waals surface area contributed by atoms with Crippen LogP contribution in [-0.4, -0.2) is 11.1 Å². The minimum atomic E-state index is -0.902. The van der Waals surface area contributed by atoms with Gasteiger partial charge in [0.05, 0.1) is 5.56 Å². The molecule has 1 N–H and O–H groups in total. The van der Waals surface area contributed by atoms with Crippen molar-refractivity contribution in [1.82, 2.24) is 0 Å². The summed E-state index contributed by atoms with van der Waals surface area (Å²) in [5.74, 6) is -0.368. The monoisotopic (exact) mass is 358 g/mol. The minimum Gasteiger partial charge on any atom is -0.478 e. The summed E-state index contributed by atoms with van der Waals surface area (Å²) in [7, 11) is 0. The third kappa shape index (κ3) is 4.91. The second-order valence-electron chi connectivity index (χ2n) is 6.91. The first kappa shape index (κ1) is 18.6. The zero-order valence-electron chi connectivity index (χ0n) is 15.7. The molecule has 0 unspecified atom stereocenters. The topological polar surface area (TPSA) is 41.2 Å². The molecule has 0 fully saturated rings. The van der Waals surface area contributed by atoms with Crippen LogP contribution in [0.1, 0.15) is 52.5 Å². The van der Waals surface area contributed by atoms with Gasteiger partial charge in [0.25, 0.3) is 0 Å².